The number of nitrogens with one attached hydrogen (secondary N) is 1. The third kappa shape index (κ3) is 1.82. The minimum absolute atomic E-state index is 0.0752. The lowest BCUT2D eigenvalue weighted by Gasteiger charge is -2.06. The molecule has 90 valence electrons. The van der Waals surface area contributed by atoms with E-state index in [-0.39, 0.29) is 23.2 Å². The molecule has 2 rings (SSSR count). The maximum absolute atomic E-state index is 11.7. The summed E-state index contributed by atoms with van der Waals surface area (Å²) in [4.78, 5) is 22.0. The summed E-state index contributed by atoms with van der Waals surface area (Å²) >= 11 is 0. The predicted molar refractivity (Wildman–Crippen MR) is 63.8 cm³/mol. The highest BCUT2D eigenvalue weighted by Gasteiger charge is 2.32. The van der Waals surface area contributed by atoms with Crippen LogP contribution in [0.15, 0.2) is 12.1 Å². The van der Waals surface area contributed by atoms with E-state index in [0.717, 1.165) is 6.42 Å². The van der Waals surface area contributed by atoms with Gasteiger partial charge in [0, 0.05) is 11.8 Å². The van der Waals surface area contributed by atoms with Crippen molar-refractivity contribution in [2.24, 2.45) is 0 Å². The first-order chi connectivity index (χ1) is 8.04. The SMILES string of the molecule is CCCC1C(=O)Nc2cc(N)c([N+](=O)[O-])cc21. The smallest absolute Gasteiger partial charge is 0.292 e. The molecule has 1 unspecified atom stereocenters. The molecule has 0 spiro atoms. The van der Waals surface area contributed by atoms with Gasteiger partial charge in [-0.05, 0) is 18.1 Å². The molecule has 1 aromatic carbocycles. The van der Waals surface area contributed by atoms with Crippen LogP contribution in [0.5, 0.6) is 0 Å². The number of nitro benzene ring substituents is 1. The zero-order chi connectivity index (χ0) is 12.6. The third-order valence-electron chi connectivity index (χ3n) is 2.92. The van der Waals surface area contributed by atoms with Crippen molar-refractivity contribution in [2.75, 3.05) is 11.1 Å². The molecular weight excluding hydrogens is 222 g/mol. The number of hydrogen-bond acceptors (Lipinski definition) is 4. The number of hydrogen-bond donors (Lipinski definition) is 2. The van der Waals surface area contributed by atoms with Crippen LogP contribution in [-0.2, 0) is 4.79 Å². The number of nitrogens with zero attached hydrogens (tertiary/aromatic N) is 1. The molecule has 1 amide bonds. The predicted octanol–water partition coefficient (Wildman–Crippen LogP) is 2.01. The van der Waals surface area contributed by atoms with Gasteiger partial charge in [0.15, 0.2) is 0 Å². The van der Waals surface area contributed by atoms with Crippen LogP contribution in [0.2, 0.25) is 0 Å². The summed E-state index contributed by atoms with van der Waals surface area (Å²) in [6.07, 6.45) is 1.52. The minimum atomic E-state index is -0.526. The summed E-state index contributed by atoms with van der Waals surface area (Å²) in [5, 5.41) is 13.5. The molecule has 1 aromatic rings. The molecule has 3 N–H and O–H groups in total. The molecule has 0 fully saturated rings. The highest BCUT2D eigenvalue weighted by Crippen LogP contribution is 2.40. The van der Waals surface area contributed by atoms with Gasteiger partial charge < -0.3 is 11.1 Å². The average molecular weight is 235 g/mol. The molecule has 0 radical (unpaired) electrons. The van der Waals surface area contributed by atoms with E-state index in [9.17, 15) is 14.9 Å². The molecule has 0 saturated heterocycles. The number of benzene rings is 1. The first-order valence-corrected chi connectivity index (χ1v) is 5.43. The van der Waals surface area contributed by atoms with Gasteiger partial charge in [-0.25, -0.2) is 0 Å². The lowest BCUT2D eigenvalue weighted by molar-refractivity contribution is -0.383. The van der Waals surface area contributed by atoms with Crippen molar-refractivity contribution in [3.05, 3.63) is 27.8 Å². The lowest BCUT2D eigenvalue weighted by atomic mass is 9.95. The van der Waals surface area contributed by atoms with Gasteiger partial charge in [-0.2, -0.15) is 0 Å². The lowest BCUT2D eigenvalue weighted by Crippen LogP contribution is -2.11. The number of carbonyl (C=O) groups excluding carboxylic acids is 1. The van der Waals surface area contributed by atoms with E-state index in [1.807, 2.05) is 6.92 Å². The van der Waals surface area contributed by atoms with Gasteiger partial charge in [0.05, 0.1) is 10.8 Å². The highest BCUT2D eigenvalue weighted by atomic mass is 16.6. The van der Waals surface area contributed by atoms with Gasteiger partial charge in [0.25, 0.3) is 5.69 Å². The summed E-state index contributed by atoms with van der Waals surface area (Å²) < 4.78 is 0. The fourth-order valence-electron chi connectivity index (χ4n) is 2.11. The molecule has 1 heterocycles. The van der Waals surface area contributed by atoms with Crippen LogP contribution in [0.3, 0.4) is 0 Å². The molecule has 0 bridgehead atoms. The zero-order valence-electron chi connectivity index (χ0n) is 9.40. The van der Waals surface area contributed by atoms with Crippen LogP contribution < -0.4 is 11.1 Å². The Kier molecular flexibility index (Phi) is 2.71. The van der Waals surface area contributed by atoms with E-state index in [2.05, 4.69) is 5.32 Å². The molecule has 1 aliphatic rings. The van der Waals surface area contributed by atoms with E-state index in [1.165, 1.54) is 12.1 Å². The number of fused-ring (bicyclic) bond motifs is 1. The number of nitrogens with two attached hydrogens (primary N) is 1. The molecule has 6 heteroatoms. The van der Waals surface area contributed by atoms with Crippen molar-refractivity contribution in [3.63, 3.8) is 0 Å². The van der Waals surface area contributed by atoms with Crippen molar-refractivity contribution >= 4 is 23.0 Å². The second kappa shape index (κ2) is 4.04. The molecular formula is C11H13N3O3. The zero-order valence-corrected chi connectivity index (χ0v) is 9.40. The van der Waals surface area contributed by atoms with Crippen molar-refractivity contribution < 1.29 is 9.72 Å². The fourth-order valence-corrected chi connectivity index (χ4v) is 2.11. The van der Waals surface area contributed by atoms with E-state index in [4.69, 9.17) is 5.73 Å². The number of carbonyl (C=O) groups is 1. The Morgan fingerprint density at radius 1 is 1.53 bits per heavy atom. The number of amides is 1. The Hall–Kier alpha value is -2.11. The van der Waals surface area contributed by atoms with Crippen LogP contribution in [-0.4, -0.2) is 10.8 Å². The molecule has 0 aliphatic carbocycles. The number of anilines is 2. The number of nitrogen functional groups attached to an aromatic ring is 1. The fraction of sp³-hybridized carbons (Fsp3) is 0.364. The Labute approximate surface area is 98.0 Å². The summed E-state index contributed by atoms with van der Waals surface area (Å²) in [6, 6.07) is 2.86. The van der Waals surface area contributed by atoms with Crippen molar-refractivity contribution in [1.82, 2.24) is 0 Å². The van der Waals surface area contributed by atoms with E-state index in [0.29, 0.717) is 17.7 Å². The summed E-state index contributed by atoms with van der Waals surface area (Å²) in [6.45, 7) is 1.97. The Morgan fingerprint density at radius 3 is 2.82 bits per heavy atom. The molecule has 1 aliphatic heterocycles. The summed E-state index contributed by atoms with van der Waals surface area (Å²) in [7, 11) is 0. The maximum Gasteiger partial charge on any atom is 0.292 e. The number of nitro groups is 1. The summed E-state index contributed by atoms with van der Waals surface area (Å²) in [5.41, 5.74) is 6.78. The summed E-state index contributed by atoms with van der Waals surface area (Å²) in [5.74, 6) is -0.406. The maximum atomic E-state index is 11.7. The van der Waals surface area contributed by atoms with E-state index >= 15 is 0 Å². The van der Waals surface area contributed by atoms with Crippen LogP contribution >= 0.6 is 0 Å². The van der Waals surface area contributed by atoms with Crippen molar-refractivity contribution in [2.45, 2.75) is 25.7 Å². The Balaban J connectivity index is 2.50. The van der Waals surface area contributed by atoms with Crippen LogP contribution in [0.25, 0.3) is 0 Å². The minimum Gasteiger partial charge on any atom is -0.393 e. The van der Waals surface area contributed by atoms with Gasteiger partial charge in [0.2, 0.25) is 5.91 Å². The topological polar surface area (TPSA) is 98.3 Å². The second-order valence-corrected chi connectivity index (χ2v) is 4.09. The normalized spacial score (nSPS) is 17.7. The molecule has 1 atom stereocenters. The van der Waals surface area contributed by atoms with Gasteiger partial charge in [0.1, 0.15) is 5.69 Å². The molecule has 17 heavy (non-hydrogen) atoms. The van der Waals surface area contributed by atoms with E-state index < -0.39 is 4.92 Å². The average Bonchev–Trinajstić information content (AvgIpc) is 2.54. The van der Waals surface area contributed by atoms with Crippen LogP contribution in [0.4, 0.5) is 17.1 Å². The van der Waals surface area contributed by atoms with Crippen LogP contribution in [0, 0.1) is 10.1 Å². The van der Waals surface area contributed by atoms with Gasteiger partial charge in [-0.1, -0.05) is 13.3 Å². The second-order valence-electron chi connectivity index (χ2n) is 4.09. The highest BCUT2D eigenvalue weighted by molar-refractivity contribution is 6.04. The third-order valence-corrected chi connectivity index (χ3v) is 2.92. The van der Waals surface area contributed by atoms with Crippen LogP contribution in [0.1, 0.15) is 31.2 Å². The Morgan fingerprint density at radius 2 is 2.24 bits per heavy atom. The van der Waals surface area contributed by atoms with Crippen molar-refractivity contribution in [3.8, 4) is 0 Å². The first kappa shape index (κ1) is 11.4. The molecule has 0 saturated carbocycles. The van der Waals surface area contributed by atoms with E-state index in [1.54, 1.807) is 0 Å². The molecule has 0 aromatic heterocycles. The molecule has 6 nitrogen and oxygen atoms in total. The quantitative estimate of drug-likeness (QED) is 0.475. The van der Waals surface area contributed by atoms with Crippen molar-refractivity contribution in [1.29, 1.82) is 0 Å². The standard InChI is InChI=1S/C11H13N3O3/c1-2-3-6-7-4-10(14(16)17)8(12)5-9(7)13-11(6)15/h4-6H,2-3,12H2,1H3,(H,13,15). The monoisotopic (exact) mass is 235 g/mol. The van der Waals surface area contributed by atoms with Gasteiger partial charge in [-0.15, -0.1) is 0 Å². The Bertz CT molecular complexity index is 499. The first-order valence-electron chi connectivity index (χ1n) is 5.43. The largest absolute Gasteiger partial charge is 0.393 e. The van der Waals surface area contributed by atoms with Gasteiger partial charge >= 0.3 is 0 Å². The number of rotatable bonds is 3. The van der Waals surface area contributed by atoms with Gasteiger partial charge in [-0.3, -0.25) is 14.9 Å².